The summed E-state index contributed by atoms with van der Waals surface area (Å²) in [6.07, 6.45) is 1.70. The van der Waals surface area contributed by atoms with Gasteiger partial charge >= 0.3 is 0 Å². The van der Waals surface area contributed by atoms with E-state index in [0.717, 1.165) is 66.7 Å². The molecule has 0 aliphatic rings. The third-order valence-electron chi connectivity index (χ3n) is 12.0. The topological polar surface area (TPSA) is 43.9 Å². The van der Waals surface area contributed by atoms with Crippen molar-refractivity contribution in [3.05, 3.63) is 223 Å². The molecular weight excluding hydrogens is 983 g/mol. The van der Waals surface area contributed by atoms with Crippen molar-refractivity contribution in [2.24, 2.45) is 0 Å². The fourth-order valence-corrected chi connectivity index (χ4v) is 8.77. The van der Waals surface area contributed by atoms with Gasteiger partial charge in [-0.3, -0.25) is 4.98 Å². The molecule has 4 nitrogen and oxygen atoms in total. The second-order valence-electron chi connectivity index (χ2n) is 17.0. The Balaban J connectivity index is 0.000000296. The predicted octanol–water partition coefficient (Wildman–Crippen LogP) is 16.5. The van der Waals surface area contributed by atoms with Gasteiger partial charge in [0.05, 0.1) is 22.4 Å². The Hall–Kier alpha value is -7.17. The molecule has 0 aliphatic heterocycles. The van der Waals surface area contributed by atoms with Gasteiger partial charge in [-0.15, -0.1) is 53.6 Å². The third kappa shape index (κ3) is 8.56. The smallest absolute Gasteiger partial charge is 0.128 e. The fraction of sp³-hybridized carbons (Fsp3) is 0.115. The van der Waals surface area contributed by atoms with Gasteiger partial charge in [0.25, 0.3) is 0 Å². The maximum atomic E-state index is 7.25. The van der Waals surface area contributed by atoms with Crippen molar-refractivity contribution in [1.29, 1.82) is 0 Å². The van der Waals surface area contributed by atoms with E-state index in [9.17, 15) is 0 Å². The first-order valence-corrected chi connectivity index (χ1v) is 22.2. The van der Waals surface area contributed by atoms with E-state index in [2.05, 4.69) is 189 Å². The summed E-state index contributed by atoms with van der Waals surface area (Å²) >= 11 is 0. The van der Waals surface area contributed by atoms with Crippen molar-refractivity contribution in [3.8, 4) is 61.7 Å². The van der Waals surface area contributed by atoms with Crippen LogP contribution in [0.1, 0.15) is 60.3 Å². The van der Waals surface area contributed by atoms with Crippen molar-refractivity contribution in [3.63, 3.8) is 0 Å². The van der Waals surface area contributed by atoms with Crippen LogP contribution in [0.2, 0.25) is 0 Å². The quantitative estimate of drug-likeness (QED) is 0.142. The average molecular weight is 1040 g/mol. The maximum absolute atomic E-state index is 7.25. The molecule has 3 aromatic heterocycles. The molecule has 0 saturated heterocycles. The Morgan fingerprint density at radius 3 is 1.86 bits per heavy atom. The standard InChI is InChI=1S/C49H39N2O.C12H10N.Ir/c1-31(2)42-29-37(35-27-25-34(26-28-35)33-15-7-5-8-16-33)30-43(32(3)4)46(42)51-45-24-12-11-23-44(45)50-49(51)41-22-14-21-40-39-20-13-19-38(47(39)52-48(40)41)36-17-9-6-10-18-36;1-10-5-7-11(8-6-10)12-4-2-3-9-13-12;/h5-21,23-32H,1-4H3;2-7,9H,1H3;/q2*-1;/i;1D3;. The van der Waals surface area contributed by atoms with Crippen LogP contribution in [0, 0.1) is 19.0 Å². The summed E-state index contributed by atoms with van der Waals surface area (Å²) in [6.45, 7) is 7.10. The Kier molecular flexibility index (Phi) is 11.7. The Labute approximate surface area is 405 Å². The van der Waals surface area contributed by atoms with E-state index in [1.165, 1.54) is 45.1 Å². The van der Waals surface area contributed by atoms with Crippen LogP contribution in [-0.2, 0) is 20.1 Å². The summed E-state index contributed by atoms with van der Waals surface area (Å²) in [5.41, 5.74) is 17.2. The molecule has 0 spiro atoms. The fourth-order valence-electron chi connectivity index (χ4n) is 8.77. The summed E-state index contributed by atoms with van der Waals surface area (Å²) in [7, 11) is 0. The van der Waals surface area contributed by atoms with Crippen molar-refractivity contribution >= 4 is 33.0 Å². The van der Waals surface area contributed by atoms with Crippen LogP contribution in [0.15, 0.2) is 199 Å². The number of aromatic nitrogens is 3. The molecule has 0 unspecified atom stereocenters. The number of nitrogens with zero attached hydrogens (tertiary/aromatic N) is 3. The monoisotopic (exact) mass is 1040 g/mol. The molecule has 66 heavy (non-hydrogen) atoms. The van der Waals surface area contributed by atoms with Crippen LogP contribution in [0.4, 0.5) is 0 Å². The number of hydrogen-bond acceptors (Lipinski definition) is 3. The summed E-state index contributed by atoms with van der Waals surface area (Å²) in [5, 5.41) is 2.14. The molecule has 5 heteroatoms. The van der Waals surface area contributed by atoms with Gasteiger partial charge in [0.1, 0.15) is 5.58 Å². The average Bonchev–Trinajstić information content (AvgIpc) is 3.96. The van der Waals surface area contributed by atoms with Gasteiger partial charge in [-0.05, 0) is 86.8 Å². The molecule has 11 aromatic rings. The van der Waals surface area contributed by atoms with E-state index < -0.39 is 6.85 Å². The zero-order valence-electron chi connectivity index (χ0n) is 40.2. The normalized spacial score (nSPS) is 12.1. The van der Waals surface area contributed by atoms with E-state index in [-0.39, 0.29) is 31.9 Å². The number of imidazole rings is 1. The van der Waals surface area contributed by atoms with Crippen molar-refractivity contribution < 1.29 is 28.6 Å². The minimum atomic E-state index is -2.07. The number of furan rings is 1. The molecule has 1 radical (unpaired) electrons. The molecule has 11 rings (SSSR count). The largest absolute Gasteiger partial charge is 0.500 e. The number of rotatable bonds is 8. The van der Waals surface area contributed by atoms with Crippen molar-refractivity contribution in [2.75, 3.05) is 0 Å². The number of fused-ring (bicyclic) bond motifs is 4. The zero-order chi connectivity index (χ0) is 46.9. The second-order valence-corrected chi connectivity index (χ2v) is 17.0. The Bertz CT molecular complexity index is 3500. The van der Waals surface area contributed by atoms with Gasteiger partial charge in [0.2, 0.25) is 0 Å². The van der Waals surface area contributed by atoms with Gasteiger partial charge in [-0.1, -0.05) is 173 Å². The van der Waals surface area contributed by atoms with E-state index in [0.29, 0.717) is 5.56 Å². The molecule has 0 atom stereocenters. The van der Waals surface area contributed by atoms with Crippen LogP contribution in [0.25, 0.3) is 94.7 Å². The number of hydrogen-bond donors (Lipinski definition) is 0. The number of aryl methyl sites for hydroxylation is 1. The first-order chi connectivity index (χ1) is 33.0. The van der Waals surface area contributed by atoms with Crippen LogP contribution >= 0.6 is 0 Å². The maximum Gasteiger partial charge on any atom is 0.128 e. The summed E-state index contributed by atoms with van der Waals surface area (Å²) in [6, 6.07) is 70.7. The van der Waals surface area contributed by atoms with Crippen LogP contribution < -0.4 is 0 Å². The van der Waals surface area contributed by atoms with Gasteiger partial charge < -0.3 is 14.0 Å². The van der Waals surface area contributed by atoms with E-state index in [1.807, 2.05) is 30.3 Å². The van der Waals surface area contributed by atoms with Gasteiger partial charge in [0.15, 0.2) is 0 Å². The first-order valence-electron chi connectivity index (χ1n) is 23.7. The molecule has 0 fully saturated rings. The van der Waals surface area contributed by atoms with Gasteiger partial charge in [0, 0.05) is 47.1 Å². The second kappa shape index (κ2) is 19.1. The molecule has 0 N–H and O–H groups in total. The molecule has 0 amide bonds. The zero-order valence-corrected chi connectivity index (χ0v) is 39.6. The van der Waals surface area contributed by atoms with Crippen LogP contribution in [-0.4, -0.2) is 14.5 Å². The number of benzene rings is 8. The summed E-state index contributed by atoms with van der Waals surface area (Å²) < 4.78 is 31.0. The molecule has 0 aliphatic carbocycles. The molecule has 0 bridgehead atoms. The summed E-state index contributed by atoms with van der Waals surface area (Å²) in [4.78, 5) is 9.52. The van der Waals surface area contributed by atoms with Crippen molar-refractivity contribution in [1.82, 2.24) is 14.5 Å². The van der Waals surface area contributed by atoms with E-state index in [4.69, 9.17) is 13.5 Å². The number of para-hydroxylation sites is 3. The van der Waals surface area contributed by atoms with Crippen molar-refractivity contribution in [2.45, 2.75) is 46.4 Å². The predicted molar refractivity (Wildman–Crippen MR) is 270 cm³/mol. The minimum Gasteiger partial charge on any atom is -0.500 e. The molecule has 0 saturated carbocycles. The van der Waals surface area contributed by atoms with Crippen LogP contribution in [0.3, 0.4) is 0 Å². The SMILES string of the molecule is CC(C)c1cc(-c2ccc(-c3ccccc3)cc2)cc(C(C)C)c1-n1c(-c2[c-]ccc3c2oc2c(-c4ccccc4)cccc23)nc2ccccc21.[2H]C([2H])([2H])c1c[c-]c(-c2ccccn2)cc1.[Ir]. The Morgan fingerprint density at radius 2 is 1.21 bits per heavy atom. The first kappa shape index (κ1) is 40.3. The molecular formula is C61H49IrN3O-2. The van der Waals surface area contributed by atoms with Gasteiger partial charge in [-0.2, -0.15) is 0 Å². The molecule has 325 valence electrons. The van der Waals surface area contributed by atoms with Crippen LogP contribution in [0.5, 0.6) is 0 Å². The third-order valence-corrected chi connectivity index (χ3v) is 12.0. The number of pyridine rings is 1. The van der Waals surface area contributed by atoms with E-state index >= 15 is 0 Å². The Morgan fingerprint density at radius 1 is 0.576 bits per heavy atom. The van der Waals surface area contributed by atoms with E-state index in [1.54, 1.807) is 18.3 Å². The summed E-state index contributed by atoms with van der Waals surface area (Å²) in [5.74, 6) is 1.34. The van der Waals surface area contributed by atoms with Gasteiger partial charge in [-0.25, -0.2) is 0 Å². The molecule has 8 aromatic carbocycles. The minimum absolute atomic E-state index is 0. The molecule has 3 heterocycles.